The molecule has 0 saturated heterocycles. The Bertz CT molecular complexity index is 884. The maximum Gasteiger partial charge on any atom is 0.407 e. The number of hydrogen-bond donors (Lipinski definition) is 4. The van der Waals surface area contributed by atoms with Gasteiger partial charge in [0, 0.05) is 18.9 Å². The molecule has 0 saturated carbocycles. The number of carbonyl (C=O) groups excluding carboxylic acids is 2. The molecule has 1 aliphatic carbocycles. The fraction of sp³-hybridized carbons (Fsp3) is 0.318. The molecular weight excluding hydrogens is 388 g/mol. The lowest BCUT2D eigenvalue weighted by atomic mass is 9.98. The van der Waals surface area contributed by atoms with Crippen molar-refractivity contribution < 1.29 is 29.3 Å². The number of aliphatic hydroxyl groups is 1. The number of fused-ring (bicyclic) bond motifs is 3. The van der Waals surface area contributed by atoms with E-state index in [1.165, 1.54) is 0 Å². The molecule has 0 bridgehead atoms. The van der Waals surface area contributed by atoms with E-state index in [1.54, 1.807) is 0 Å². The number of nitrogens with one attached hydrogen (secondary N) is 2. The molecule has 3 rings (SSSR count). The molecule has 0 aromatic heterocycles. The minimum absolute atomic E-state index is 0.0189. The second-order valence-electron chi connectivity index (χ2n) is 7.01. The quantitative estimate of drug-likeness (QED) is 0.466. The van der Waals surface area contributed by atoms with Crippen molar-refractivity contribution in [2.45, 2.75) is 24.9 Å². The Morgan fingerprint density at radius 1 is 0.967 bits per heavy atom. The van der Waals surface area contributed by atoms with Gasteiger partial charge >= 0.3 is 12.1 Å². The summed E-state index contributed by atoms with van der Waals surface area (Å²) in [6.07, 6.45) is -1.73. The van der Waals surface area contributed by atoms with Gasteiger partial charge in [0.15, 0.2) is 6.10 Å². The van der Waals surface area contributed by atoms with Crippen LogP contribution in [0.4, 0.5) is 4.79 Å². The number of hydrogen-bond acceptors (Lipinski definition) is 5. The molecular formula is C22H24N2O6. The van der Waals surface area contributed by atoms with Crippen LogP contribution in [0, 0.1) is 0 Å². The van der Waals surface area contributed by atoms with Crippen LogP contribution in [0.2, 0.25) is 0 Å². The summed E-state index contributed by atoms with van der Waals surface area (Å²) in [7, 11) is 0. The second kappa shape index (κ2) is 9.89. The molecule has 2 aromatic carbocycles. The van der Waals surface area contributed by atoms with Crippen LogP contribution in [0.3, 0.4) is 0 Å². The minimum Gasteiger partial charge on any atom is -0.479 e. The lowest BCUT2D eigenvalue weighted by Gasteiger charge is -2.14. The molecule has 2 amide bonds. The Balaban J connectivity index is 1.40. The molecule has 8 nitrogen and oxygen atoms in total. The van der Waals surface area contributed by atoms with Crippen molar-refractivity contribution in [2.24, 2.45) is 0 Å². The summed E-state index contributed by atoms with van der Waals surface area (Å²) in [6, 6.07) is 16.1. The SMILES string of the molecule is O=C(CCCNC(=O)OCC1c2ccccc2-c2ccccc21)NCC(O)C(=O)O. The van der Waals surface area contributed by atoms with Gasteiger partial charge in [-0.15, -0.1) is 0 Å². The molecule has 0 radical (unpaired) electrons. The van der Waals surface area contributed by atoms with E-state index < -0.39 is 24.1 Å². The van der Waals surface area contributed by atoms with Gasteiger partial charge in [0.25, 0.3) is 0 Å². The molecule has 1 unspecified atom stereocenters. The van der Waals surface area contributed by atoms with E-state index in [9.17, 15) is 14.4 Å². The Morgan fingerprint density at radius 3 is 2.17 bits per heavy atom. The van der Waals surface area contributed by atoms with E-state index in [0.29, 0.717) is 6.42 Å². The normalized spacial score (nSPS) is 13.1. The number of amides is 2. The van der Waals surface area contributed by atoms with Crippen LogP contribution in [-0.4, -0.2) is 54.0 Å². The van der Waals surface area contributed by atoms with Crippen LogP contribution < -0.4 is 10.6 Å². The van der Waals surface area contributed by atoms with Crippen molar-refractivity contribution >= 4 is 18.0 Å². The Morgan fingerprint density at radius 2 is 1.57 bits per heavy atom. The molecule has 0 spiro atoms. The molecule has 0 aliphatic heterocycles. The van der Waals surface area contributed by atoms with Gasteiger partial charge < -0.3 is 25.6 Å². The highest BCUT2D eigenvalue weighted by Gasteiger charge is 2.28. The average Bonchev–Trinajstić information content (AvgIpc) is 3.07. The summed E-state index contributed by atoms with van der Waals surface area (Å²) in [4.78, 5) is 34.1. The largest absolute Gasteiger partial charge is 0.479 e. The zero-order valence-electron chi connectivity index (χ0n) is 16.3. The van der Waals surface area contributed by atoms with Gasteiger partial charge in [-0.1, -0.05) is 48.5 Å². The van der Waals surface area contributed by atoms with E-state index in [-0.39, 0.29) is 32.0 Å². The van der Waals surface area contributed by atoms with E-state index in [0.717, 1.165) is 22.3 Å². The molecule has 4 N–H and O–H groups in total. The maximum absolute atomic E-state index is 12.0. The Kier molecular flexibility index (Phi) is 7.03. The Labute approximate surface area is 173 Å². The van der Waals surface area contributed by atoms with Crippen LogP contribution in [-0.2, 0) is 14.3 Å². The standard InChI is InChI=1S/C22H24N2O6/c25-19(21(27)28)12-24-20(26)10-5-11-23-22(29)30-13-18-16-8-3-1-6-14(16)15-7-2-4-9-17(15)18/h1-4,6-9,18-19,25H,5,10-13H2,(H,23,29)(H,24,26)(H,27,28). The molecule has 1 atom stereocenters. The zero-order chi connectivity index (χ0) is 21.5. The van der Waals surface area contributed by atoms with Gasteiger partial charge in [-0.2, -0.15) is 0 Å². The van der Waals surface area contributed by atoms with Gasteiger partial charge in [-0.25, -0.2) is 9.59 Å². The number of aliphatic hydroxyl groups excluding tert-OH is 1. The summed E-state index contributed by atoms with van der Waals surface area (Å²) >= 11 is 0. The number of carboxylic acid groups (broad SMARTS) is 1. The third-order valence-electron chi connectivity index (χ3n) is 4.97. The van der Waals surface area contributed by atoms with Gasteiger partial charge in [-0.3, -0.25) is 4.79 Å². The molecule has 0 fully saturated rings. The van der Waals surface area contributed by atoms with Gasteiger partial charge in [0.1, 0.15) is 6.61 Å². The minimum atomic E-state index is -1.63. The van der Waals surface area contributed by atoms with Crippen LogP contribution in [0.25, 0.3) is 11.1 Å². The molecule has 158 valence electrons. The van der Waals surface area contributed by atoms with Crippen molar-refractivity contribution in [3.8, 4) is 11.1 Å². The monoisotopic (exact) mass is 412 g/mol. The predicted molar refractivity (Wildman–Crippen MR) is 109 cm³/mol. The molecule has 0 heterocycles. The van der Waals surface area contributed by atoms with Crippen molar-refractivity contribution in [1.29, 1.82) is 0 Å². The highest BCUT2D eigenvalue weighted by Crippen LogP contribution is 2.44. The van der Waals surface area contributed by atoms with E-state index >= 15 is 0 Å². The van der Waals surface area contributed by atoms with Crippen molar-refractivity contribution in [2.75, 3.05) is 19.7 Å². The highest BCUT2D eigenvalue weighted by molar-refractivity contribution is 5.79. The number of alkyl carbamates (subject to hydrolysis) is 1. The third kappa shape index (κ3) is 5.15. The number of aliphatic carboxylic acids is 1. The van der Waals surface area contributed by atoms with Gasteiger partial charge in [0.2, 0.25) is 5.91 Å². The first-order valence-corrected chi connectivity index (χ1v) is 9.73. The summed E-state index contributed by atoms with van der Waals surface area (Å²) in [5.41, 5.74) is 4.57. The van der Waals surface area contributed by atoms with Crippen molar-refractivity contribution in [3.63, 3.8) is 0 Å². The summed E-state index contributed by atoms with van der Waals surface area (Å²) in [5.74, 6) is -1.81. The van der Waals surface area contributed by atoms with Crippen LogP contribution >= 0.6 is 0 Å². The van der Waals surface area contributed by atoms with E-state index in [1.807, 2.05) is 36.4 Å². The van der Waals surface area contributed by atoms with Crippen LogP contribution in [0.5, 0.6) is 0 Å². The number of benzene rings is 2. The first-order chi connectivity index (χ1) is 14.5. The van der Waals surface area contributed by atoms with E-state index in [4.69, 9.17) is 14.9 Å². The third-order valence-corrected chi connectivity index (χ3v) is 4.97. The fourth-order valence-corrected chi connectivity index (χ4v) is 3.48. The average molecular weight is 412 g/mol. The lowest BCUT2D eigenvalue weighted by molar-refractivity contribution is -0.146. The van der Waals surface area contributed by atoms with Gasteiger partial charge in [0.05, 0.1) is 6.54 Å². The first kappa shape index (κ1) is 21.3. The number of carboxylic acids is 1. The predicted octanol–water partition coefficient (Wildman–Crippen LogP) is 1.87. The first-order valence-electron chi connectivity index (χ1n) is 9.73. The molecule has 1 aliphatic rings. The highest BCUT2D eigenvalue weighted by atomic mass is 16.5. The Hall–Kier alpha value is -3.39. The van der Waals surface area contributed by atoms with Crippen LogP contribution in [0.15, 0.2) is 48.5 Å². The van der Waals surface area contributed by atoms with Crippen LogP contribution in [0.1, 0.15) is 29.9 Å². The topological polar surface area (TPSA) is 125 Å². The number of rotatable bonds is 9. The summed E-state index contributed by atoms with van der Waals surface area (Å²) in [6.45, 7) is 0.104. The number of carbonyl (C=O) groups is 3. The molecule has 8 heteroatoms. The molecule has 2 aromatic rings. The second-order valence-corrected chi connectivity index (χ2v) is 7.01. The maximum atomic E-state index is 12.0. The van der Waals surface area contributed by atoms with E-state index in [2.05, 4.69) is 22.8 Å². The smallest absolute Gasteiger partial charge is 0.407 e. The fourth-order valence-electron chi connectivity index (χ4n) is 3.48. The van der Waals surface area contributed by atoms with Crippen molar-refractivity contribution in [3.05, 3.63) is 59.7 Å². The van der Waals surface area contributed by atoms with Gasteiger partial charge in [-0.05, 0) is 28.7 Å². The molecule has 30 heavy (non-hydrogen) atoms. The number of ether oxygens (including phenoxy) is 1. The van der Waals surface area contributed by atoms with Crippen molar-refractivity contribution in [1.82, 2.24) is 10.6 Å². The zero-order valence-corrected chi connectivity index (χ0v) is 16.3. The summed E-state index contributed by atoms with van der Waals surface area (Å²) in [5, 5.41) is 22.6. The lowest BCUT2D eigenvalue weighted by Crippen LogP contribution is -2.36. The summed E-state index contributed by atoms with van der Waals surface area (Å²) < 4.78 is 5.40.